The zero-order valence-electron chi connectivity index (χ0n) is 20.5. The Labute approximate surface area is 217 Å². The molecule has 35 heavy (non-hydrogen) atoms. The number of aldehydes is 1. The third-order valence-corrected chi connectivity index (χ3v) is 7.61. The number of rotatable bonds is 6. The summed E-state index contributed by atoms with van der Waals surface area (Å²) >= 11 is 13.5. The second-order valence-electron chi connectivity index (χ2n) is 9.19. The Morgan fingerprint density at radius 3 is 2.54 bits per heavy atom. The Morgan fingerprint density at radius 2 is 1.83 bits per heavy atom. The van der Waals surface area contributed by atoms with E-state index in [2.05, 4.69) is 46.3 Å². The molecule has 182 valence electrons. The van der Waals surface area contributed by atoms with Crippen molar-refractivity contribution >= 4 is 57.5 Å². The lowest BCUT2D eigenvalue weighted by Gasteiger charge is -2.34. The van der Waals surface area contributed by atoms with E-state index in [-0.39, 0.29) is 0 Å². The number of aliphatic imine (C=N–C) groups is 1. The zero-order chi connectivity index (χ0) is 24.9. The maximum atomic E-state index is 10.7. The van der Waals surface area contributed by atoms with Gasteiger partial charge in [0.1, 0.15) is 12.1 Å². The molecule has 0 N–H and O–H groups in total. The molecular weight excluding hydrogens is 477 g/mol. The van der Waals surface area contributed by atoms with Crippen molar-refractivity contribution in [2.45, 2.75) is 33.1 Å². The molecule has 4 nitrogen and oxygen atoms in total. The van der Waals surface area contributed by atoms with E-state index in [4.69, 9.17) is 23.2 Å². The number of amidine groups is 1. The Hall–Kier alpha value is -2.82. The lowest BCUT2D eigenvalue weighted by molar-refractivity contribution is -0.104. The van der Waals surface area contributed by atoms with E-state index in [1.807, 2.05) is 37.1 Å². The first-order chi connectivity index (χ1) is 16.9. The molecule has 4 rings (SSSR count). The van der Waals surface area contributed by atoms with Crippen LogP contribution in [0.3, 0.4) is 0 Å². The van der Waals surface area contributed by atoms with Crippen LogP contribution in [0.4, 0.5) is 11.4 Å². The quantitative estimate of drug-likeness (QED) is 0.149. The van der Waals surface area contributed by atoms with Crippen molar-refractivity contribution in [3.8, 4) is 0 Å². The Morgan fingerprint density at radius 1 is 1.09 bits per heavy atom. The summed E-state index contributed by atoms with van der Waals surface area (Å²) in [5.74, 6) is 1.40. The van der Waals surface area contributed by atoms with Crippen molar-refractivity contribution in [3.63, 3.8) is 0 Å². The van der Waals surface area contributed by atoms with Gasteiger partial charge in [-0.15, -0.1) is 0 Å². The number of nitrogens with zero attached hydrogens (tertiary/aromatic N) is 3. The van der Waals surface area contributed by atoms with E-state index >= 15 is 0 Å². The average molecular weight is 508 g/mol. The van der Waals surface area contributed by atoms with Gasteiger partial charge in [0, 0.05) is 36.9 Å². The summed E-state index contributed by atoms with van der Waals surface area (Å²) in [4.78, 5) is 19.5. The van der Waals surface area contributed by atoms with Crippen molar-refractivity contribution < 1.29 is 4.79 Å². The summed E-state index contributed by atoms with van der Waals surface area (Å²) in [6.07, 6.45) is 5.42. The molecule has 3 aromatic carbocycles. The van der Waals surface area contributed by atoms with Crippen LogP contribution in [0, 0.1) is 5.92 Å². The van der Waals surface area contributed by atoms with Crippen LogP contribution in [0.5, 0.6) is 0 Å². The van der Waals surface area contributed by atoms with Crippen molar-refractivity contribution in [1.82, 2.24) is 0 Å². The number of halogens is 2. The van der Waals surface area contributed by atoms with Gasteiger partial charge in [-0.2, -0.15) is 0 Å². The number of benzene rings is 3. The molecule has 0 atom stereocenters. The zero-order valence-corrected chi connectivity index (χ0v) is 22.0. The summed E-state index contributed by atoms with van der Waals surface area (Å²) in [6, 6.07) is 18.8. The summed E-state index contributed by atoms with van der Waals surface area (Å²) in [7, 11) is 1.95. The van der Waals surface area contributed by atoms with Gasteiger partial charge < -0.3 is 9.80 Å². The number of fused-ring (bicyclic) bond motifs is 1. The van der Waals surface area contributed by atoms with Crippen LogP contribution in [0.25, 0.3) is 10.8 Å². The normalized spacial score (nSPS) is 15.5. The number of hydrogen-bond donors (Lipinski definition) is 0. The molecule has 0 unspecified atom stereocenters. The molecule has 0 spiro atoms. The van der Waals surface area contributed by atoms with Crippen molar-refractivity contribution in [3.05, 3.63) is 82.0 Å². The van der Waals surface area contributed by atoms with Gasteiger partial charge in [0.2, 0.25) is 0 Å². The third-order valence-electron chi connectivity index (χ3n) is 6.86. The Kier molecular flexibility index (Phi) is 8.15. The largest absolute Gasteiger partial charge is 0.370 e. The highest BCUT2D eigenvalue weighted by Crippen LogP contribution is 2.35. The van der Waals surface area contributed by atoms with Crippen molar-refractivity contribution in [2.24, 2.45) is 10.9 Å². The average Bonchev–Trinajstić information content (AvgIpc) is 2.86. The molecule has 0 aromatic heterocycles. The topological polar surface area (TPSA) is 35.9 Å². The maximum absolute atomic E-state index is 10.7. The van der Waals surface area contributed by atoms with E-state index < -0.39 is 0 Å². The fraction of sp³-hybridized carbons (Fsp3) is 0.310. The smallest absolute Gasteiger partial charge is 0.144 e. The molecule has 1 aliphatic heterocycles. The second kappa shape index (κ2) is 11.3. The summed E-state index contributed by atoms with van der Waals surface area (Å²) in [6.45, 7) is 5.66. The molecule has 0 amide bonds. The van der Waals surface area contributed by atoms with E-state index in [1.54, 1.807) is 6.92 Å². The SMILES string of the molecule is CC(=N/C(C)=C\C=O)N(C)c1ccc(N2CCC(Cc3ccc4ccccc4c3Cl)CC2)c(Cl)c1. The molecule has 1 heterocycles. The van der Waals surface area contributed by atoms with Crippen LogP contribution in [0.1, 0.15) is 32.3 Å². The molecule has 6 heteroatoms. The second-order valence-corrected chi connectivity index (χ2v) is 9.98. The minimum absolute atomic E-state index is 0.607. The number of piperidine rings is 1. The van der Waals surface area contributed by atoms with Crippen LogP contribution in [0.15, 0.2) is 71.4 Å². The van der Waals surface area contributed by atoms with E-state index in [0.717, 1.165) is 71.3 Å². The van der Waals surface area contributed by atoms with Gasteiger partial charge in [-0.25, -0.2) is 4.99 Å². The molecule has 1 fully saturated rings. The number of hydrogen-bond acceptors (Lipinski definition) is 3. The van der Waals surface area contributed by atoms with Crippen molar-refractivity contribution in [1.29, 1.82) is 0 Å². The van der Waals surface area contributed by atoms with Crippen LogP contribution in [-0.4, -0.2) is 32.3 Å². The Bertz CT molecular complexity index is 1280. The maximum Gasteiger partial charge on any atom is 0.144 e. The van der Waals surface area contributed by atoms with Crippen molar-refractivity contribution in [2.75, 3.05) is 29.9 Å². The number of carbonyl (C=O) groups is 1. The number of allylic oxidation sites excluding steroid dienone is 2. The van der Waals surface area contributed by atoms with E-state index in [1.165, 1.54) is 17.0 Å². The highest BCUT2D eigenvalue weighted by molar-refractivity contribution is 6.36. The highest BCUT2D eigenvalue weighted by atomic mass is 35.5. The molecule has 3 aromatic rings. The Balaban J connectivity index is 1.40. The van der Waals surface area contributed by atoms with Gasteiger partial charge in [-0.3, -0.25) is 4.79 Å². The number of anilines is 2. The van der Waals surface area contributed by atoms with Crippen LogP contribution in [0.2, 0.25) is 10.0 Å². The van der Waals surface area contributed by atoms with Gasteiger partial charge in [0.15, 0.2) is 0 Å². The summed E-state index contributed by atoms with van der Waals surface area (Å²) < 4.78 is 0. The molecule has 0 aliphatic carbocycles. The minimum atomic E-state index is 0.607. The monoisotopic (exact) mass is 507 g/mol. The molecule has 0 saturated carbocycles. The van der Waals surface area contributed by atoms with Gasteiger partial charge in [-0.05, 0) is 74.3 Å². The van der Waals surface area contributed by atoms with Gasteiger partial charge >= 0.3 is 0 Å². The first-order valence-corrected chi connectivity index (χ1v) is 12.7. The van der Waals surface area contributed by atoms with Crippen LogP contribution >= 0.6 is 23.2 Å². The van der Waals surface area contributed by atoms with Gasteiger partial charge in [-0.1, -0.05) is 59.6 Å². The summed E-state index contributed by atoms with van der Waals surface area (Å²) in [5.41, 5.74) is 3.93. The fourth-order valence-corrected chi connectivity index (χ4v) is 5.35. The minimum Gasteiger partial charge on any atom is -0.370 e. The highest BCUT2D eigenvalue weighted by Gasteiger charge is 2.22. The fourth-order valence-electron chi connectivity index (χ4n) is 4.74. The van der Waals surface area contributed by atoms with E-state index in [9.17, 15) is 4.79 Å². The van der Waals surface area contributed by atoms with Gasteiger partial charge in [0.05, 0.1) is 15.7 Å². The van der Waals surface area contributed by atoms with Gasteiger partial charge in [0.25, 0.3) is 0 Å². The predicted molar refractivity (Wildman–Crippen MR) is 150 cm³/mol. The lowest BCUT2D eigenvalue weighted by atomic mass is 9.89. The molecule has 0 radical (unpaired) electrons. The predicted octanol–water partition coefficient (Wildman–Crippen LogP) is 7.56. The lowest BCUT2D eigenvalue weighted by Crippen LogP contribution is -2.34. The molecule has 1 aliphatic rings. The standard InChI is InChI=1S/C29H31Cl2N3O/c1-20(14-17-35)32-21(2)33(3)25-10-11-28(27(30)19-25)34-15-12-22(13-16-34)18-24-9-8-23-6-4-5-7-26(23)29(24)31/h4-11,14,17,19,22H,12-13,15-16,18H2,1-3H3/b20-14-,32-21?. The van der Waals surface area contributed by atoms with Crippen LogP contribution in [-0.2, 0) is 11.2 Å². The number of carbonyl (C=O) groups excluding carboxylic acids is 1. The molecular formula is C29H31Cl2N3O. The first-order valence-electron chi connectivity index (χ1n) is 12.0. The third kappa shape index (κ3) is 5.88. The first kappa shape index (κ1) is 25.3. The summed E-state index contributed by atoms with van der Waals surface area (Å²) in [5, 5.41) is 3.95. The molecule has 0 bridgehead atoms. The van der Waals surface area contributed by atoms with Crippen LogP contribution < -0.4 is 9.80 Å². The van der Waals surface area contributed by atoms with E-state index in [0.29, 0.717) is 11.6 Å². The molecule has 1 saturated heterocycles.